The van der Waals surface area contributed by atoms with Crippen LogP contribution in [0.3, 0.4) is 0 Å². The first-order chi connectivity index (χ1) is 12.7. The lowest BCUT2D eigenvalue weighted by molar-refractivity contribution is -0.384. The van der Waals surface area contributed by atoms with Gasteiger partial charge in [0.05, 0.1) is 16.9 Å². The standard InChI is InChI=1S/C16H18N4O6S/c1-26-16-12(4-3-7-19-16)15(21)18-9-8-17-13-6-5-11(27(2,24)25)10-14(13)20(22)23/h3-7,10,17H,8-9H2,1-2H3,(H,18,21). The monoisotopic (exact) mass is 394 g/mol. The van der Waals surface area contributed by atoms with E-state index in [1.165, 1.54) is 25.4 Å². The van der Waals surface area contributed by atoms with Crippen molar-refractivity contribution in [2.75, 3.05) is 31.8 Å². The maximum absolute atomic E-state index is 12.1. The van der Waals surface area contributed by atoms with Gasteiger partial charge in [-0.15, -0.1) is 0 Å². The summed E-state index contributed by atoms with van der Waals surface area (Å²) in [5, 5.41) is 16.6. The van der Waals surface area contributed by atoms with E-state index in [1.807, 2.05) is 0 Å². The lowest BCUT2D eigenvalue weighted by atomic mass is 10.2. The summed E-state index contributed by atoms with van der Waals surface area (Å²) in [6.45, 7) is 0.356. The van der Waals surface area contributed by atoms with Crippen molar-refractivity contribution in [1.82, 2.24) is 10.3 Å². The number of ether oxygens (including phenoxy) is 1. The smallest absolute Gasteiger partial charge is 0.293 e. The minimum Gasteiger partial charge on any atom is -0.480 e. The lowest BCUT2D eigenvalue weighted by Gasteiger charge is -2.10. The van der Waals surface area contributed by atoms with Gasteiger partial charge in [0.15, 0.2) is 9.84 Å². The van der Waals surface area contributed by atoms with Gasteiger partial charge in [-0.1, -0.05) is 0 Å². The second-order valence-electron chi connectivity index (χ2n) is 5.45. The van der Waals surface area contributed by atoms with Crippen molar-refractivity contribution < 1.29 is 22.9 Å². The second kappa shape index (κ2) is 8.45. The molecule has 0 aliphatic carbocycles. The minimum atomic E-state index is -3.56. The third kappa shape index (κ3) is 5.14. The molecule has 0 saturated heterocycles. The molecule has 27 heavy (non-hydrogen) atoms. The molecule has 0 fully saturated rings. The Balaban J connectivity index is 2.01. The number of methoxy groups -OCH3 is 1. The van der Waals surface area contributed by atoms with E-state index in [0.29, 0.717) is 0 Å². The van der Waals surface area contributed by atoms with Gasteiger partial charge in [0, 0.05) is 31.6 Å². The molecule has 2 aromatic rings. The van der Waals surface area contributed by atoms with Gasteiger partial charge in [-0.05, 0) is 24.3 Å². The number of amides is 1. The van der Waals surface area contributed by atoms with Gasteiger partial charge in [0.1, 0.15) is 11.3 Å². The molecule has 10 nitrogen and oxygen atoms in total. The first kappa shape index (κ1) is 20.1. The number of benzene rings is 1. The predicted molar refractivity (Wildman–Crippen MR) is 97.8 cm³/mol. The summed E-state index contributed by atoms with van der Waals surface area (Å²) in [6.07, 6.45) is 2.47. The Hall–Kier alpha value is -3.21. The number of rotatable bonds is 8. The molecule has 1 amide bonds. The van der Waals surface area contributed by atoms with E-state index in [1.54, 1.807) is 12.1 Å². The highest BCUT2D eigenvalue weighted by Crippen LogP contribution is 2.27. The Kier molecular flexibility index (Phi) is 6.29. The molecule has 0 spiro atoms. The molecule has 0 unspecified atom stereocenters. The fraction of sp³-hybridized carbons (Fsp3) is 0.250. The SMILES string of the molecule is COc1ncccc1C(=O)NCCNc1ccc(S(C)(=O)=O)cc1[N+](=O)[O-]. The van der Waals surface area contributed by atoms with Crippen LogP contribution in [-0.4, -0.2) is 50.7 Å². The number of nitro benzene ring substituents is 1. The number of pyridine rings is 1. The molecular weight excluding hydrogens is 376 g/mol. The molecule has 1 heterocycles. The van der Waals surface area contributed by atoms with Crippen molar-refractivity contribution >= 4 is 27.1 Å². The summed E-state index contributed by atoms with van der Waals surface area (Å²) in [6, 6.07) is 6.76. The van der Waals surface area contributed by atoms with Crippen LogP contribution in [0.4, 0.5) is 11.4 Å². The topological polar surface area (TPSA) is 141 Å². The van der Waals surface area contributed by atoms with Gasteiger partial charge in [-0.25, -0.2) is 13.4 Å². The first-order valence-corrected chi connectivity index (χ1v) is 9.62. The zero-order valence-corrected chi connectivity index (χ0v) is 15.4. The third-order valence-corrected chi connectivity index (χ3v) is 4.64. The molecule has 0 aliphatic heterocycles. The van der Waals surface area contributed by atoms with Crippen molar-refractivity contribution in [3.05, 3.63) is 52.2 Å². The van der Waals surface area contributed by atoms with Gasteiger partial charge in [-0.3, -0.25) is 14.9 Å². The highest BCUT2D eigenvalue weighted by atomic mass is 32.2. The zero-order valence-electron chi connectivity index (χ0n) is 14.6. The average molecular weight is 394 g/mol. The number of hydrogen-bond donors (Lipinski definition) is 2. The van der Waals surface area contributed by atoms with Crippen molar-refractivity contribution in [2.24, 2.45) is 0 Å². The maximum atomic E-state index is 12.1. The van der Waals surface area contributed by atoms with E-state index in [4.69, 9.17) is 4.74 Å². The van der Waals surface area contributed by atoms with Gasteiger partial charge in [0.25, 0.3) is 11.6 Å². The van der Waals surface area contributed by atoms with E-state index >= 15 is 0 Å². The molecule has 1 aromatic carbocycles. The van der Waals surface area contributed by atoms with E-state index < -0.39 is 20.7 Å². The maximum Gasteiger partial charge on any atom is 0.293 e. The number of nitro groups is 1. The second-order valence-corrected chi connectivity index (χ2v) is 7.47. The number of nitrogens with zero attached hydrogens (tertiary/aromatic N) is 2. The number of nitrogens with one attached hydrogen (secondary N) is 2. The first-order valence-electron chi connectivity index (χ1n) is 7.73. The number of sulfone groups is 1. The summed E-state index contributed by atoms with van der Waals surface area (Å²) in [5.74, 6) is -0.210. The Labute approximate surface area is 155 Å². The van der Waals surface area contributed by atoms with E-state index in [2.05, 4.69) is 15.6 Å². The average Bonchev–Trinajstić information content (AvgIpc) is 2.64. The highest BCUT2D eigenvalue weighted by molar-refractivity contribution is 7.90. The van der Waals surface area contributed by atoms with Crippen LogP contribution in [0.25, 0.3) is 0 Å². The molecular formula is C16H18N4O6S. The molecule has 144 valence electrons. The molecule has 0 bridgehead atoms. The van der Waals surface area contributed by atoms with Crippen LogP contribution in [-0.2, 0) is 9.84 Å². The summed E-state index contributed by atoms with van der Waals surface area (Å²) in [4.78, 5) is 26.4. The molecule has 0 atom stereocenters. The van der Waals surface area contributed by atoms with Gasteiger partial charge in [0.2, 0.25) is 5.88 Å². The fourth-order valence-electron chi connectivity index (χ4n) is 2.24. The fourth-order valence-corrected chi connectivity index (χ4v) is 2.88. The van der Waals surface area contributed by atoms with Gasteiger partial charge < -0.3 is 15.4 Å². The summed E-state index contributed by atoms with van der Waals surface area (Å²) >= 11 is 0. The van der Waals surface area contributed by atoms with Crippen molar-refractivity contribution in [2.45, 2.75) is 4.90 Å². The molecule has 11 heteroatoms. The number of hydrogen-bond acceptors (Lipinski definition) is 8. The molecule has 0 aliphatic rings. The van der Waals surface area contributed by atoms with Crippen LogP contribution in [0.1, 0.15) is 10.4 Å². The third-order valence-electron chi connectivity index (χ3n) is 3.53. The molecule has 0 radical (unpaired) electrons. The highest BCUT2D eigenvalue weighted by Gasteiger charge is 2.18. The van der Waals surface area contributed by atoms with Crippen LogP contribution >= 0.6 is 0 Å². The van der Waals surface area contributed by atoms with Crippen LogP contribution in [0.5, 0.6) is 5.88 Å². The van der Waals surface area contributed by atoms with Gasteiger partial charge >= 0.3 is 0 Å². The Morgan fingerprint density at radius 3 is 2.67 bits per heavy atom. The van der Waals surface area contributed by atoms with Crippen LogP contribution in [0.15, 0.2) is 41.4 Å². The largest absolute Gasteiger partial charge is 0.480 e. The normalized spacial score (nSPS) is 10.9. The van der Waals surface area contributed by atoms with Crippen LogP contribution in [0, 0.1) is 10.1 Å². The molecule has 0 saturated carbocycles. The van der Waals surface area contributed by atoms with Crippen molar-refractivity contribution in [3.8, 4) is 5.88 Å². The lowest BCUT2D eigenvalue weighted by Crippen LogP contribution is -2.29. The van der Waals surface area contributed by atoms with Crippen molar-refractivity contribution in [3.63, 3.8) is 0 Å². The Bertz CT molecular complexity index is 961. The number of anilines is 1. The summed E-state index contributed by atoms with van der Waals surface area (Å²) < 4.78 is 28.1. The molecule has 2 rings (SSSR count). The Morgan fingerprint density at radius 2 is 2.04 bits per heavy atom. The van der Waals surface area contributed by atoms with Crippen molar-refractivity contribution in [1.29, 1.82) is 0 Å². The molecule has 2 N–H and O–H groups in total. The minimum absolute atomic E-state index is 0.142. The number of aromatic nitrogens is 1. The van der Waals surface area contributed by atoms with E-state index in [-0.39, 0.29) is 40.8 Å². The Morgan fingerprint density at radius 1 is 1.30 bits per heavy atom. The number of carbonyl (C=O) groups excluding carboxylic acids is 1. The van der Waals surface area contributed by atoms with Crippen LogP contribution < -0.4 is 15.4 Å². The zero-order chi connectivity index (χ0) is 20.0. The quantitative estimate of drug-likeness (QED) is 0.387. The number of carbonyl (C=O) groups is 1. The van der Waals surface area contributed by atoms with Gasteiger partial charge in [-0.2, -0.15) is 0 Å². The summed E-state index contributed by atoms with van der Waals surface area (Å²) in [7, 11) is -2.15. The van der Waals surface area contributed by atoms with E-state index in [9.17, 15) is 23.3 Å². The van der Waals surface area contributed by atoms with E-state index in [0.717, 1.165) is 12.3 Å². The molecule has 1 aromatic heterocycles. The summed E-state index contributed by atoms with van der Waals surface area (Å²) in [5.41, 5.74) is 0.0577. The van der Waals surface area contributed by atoms with Crippen LogP contribution in [0.2, 0.25) is 0 Å². The predicted octanol–water partition coefficient (Wildman–Crippen LogP) is 1.24.